The van der Waals surface area contributed by atoms with E-state index in [0.717, 1.165) is 44.5 Å². The maximum Gasteiger partial charge on any atom is 0.309 e. The number of rotatable bonds is 5. The minimum atomic E-state index is -0.191. The Morgan fingerprint density at radius 3 is 2.55 bits per heavy atom. The maximum absolute atomic E-state index is 12.8. The number of hydrogen-bond donors (Lipinski definition) is 0. The lowest BCUT2D eigenvalue weighted by Crippen LogP contribution is -2.38. The van der Waals surface area contributed by atoms with Crippen molar-refractivity contribution in [2.24, 2.45) is 5.92 Å². The minimum Gasteiger partial charge on any atom is -0.466 e. The summed E-state index contributed by atoms with van der Waals surface area (Å²) >= 11 is 0. The number of hydrogen-bond acceptors (Lipinski definition) is 3. The van der Waals surface area contributed by atoms with E-state index in [2.05, 4.69) is 4.90 Å². The molecule has 4 heteroatoms. The highest BCUT2D eigenvalue weighted by atomic mass is 19.1. The van der Waals surface area contributed by atoms with Gasteiger partial charge in [-0.2, -0.15) is 0 Å². The van der Waals surface area contributed by atoms with Crippen molar-refractivity contribution < 1.29 is 13.9 Å². The normalized spacial score (nSPS) is 17.1. The number of benzene rings is 1. The topological polar surface area (TPSA) is 29.5 Å². The molecular weight excluding hydrogens is 257 g/mol. The summed E-state index contributed by atoms with van der Waals surface area (Å²) in [7, 11) is 0. The molecule has 1 saturated heterocycles. The predicted octanol–water partition coefficient (Wildman–Crippen LogP) is 2.64. The van der Waals surface area contributed by atoms with E-state index in [4.69, 9.17) is 4.74 Å². The molecule has 110 valence electrons. The summed E-state index contributed by atoms with van der Waals surface area (Å²) in [4.78, 5) is 14.0. The largest absolute Gasteiger partial charge is 0.466 e. The Hall–Kier alpha value is -1.42. The van der Waals surface area contributed by atoms with Crippen molar-refractivity contribution in [2.45, 2.75) is 26.2 Å². The molecule has 0 bridgehead atoms. The van der Waals surface area contributed by atoms with E-state index in [-0.39, 0.29) is 17.7 Å². The van der Waals surface area contributed by atoms with Crippen molar-refractivity contribution in [2.75, 3.05) is 26.2 Å². The number of halogens is 1. The van der Waals surface area contributed by atoms with Crippen molar-refractivity contribution in [3.05, 3.63) is 35.6 Å². The fourth-order valence-corrected chi connectivity index (χ4v) is 2.59. The van der Waals surface area contributed by atoms with Crippen LogP contribution in [0.15, 0.2) is 24.3 Å². The molecule has 1 aromatic rings. The first kappa shape index (κ1) is 15.0. The number of carbonyl (C=O) groups excluding carboxylic acids is 1. The lowest BCUT2D eigenvalue weighted by atomic mass is 9.96. The molecule has 0 aromatic heterocycles. The quantitative estimate of drug-likeness (QED) is 0.776. The third-order valence-electron chi connectivity index (χ3n) is 3.84. The van der Waals surface area contributed by atoms with Crippen LogP contribution in [0, 0.1) is 11.7 Å². The summed E-state index contributed by atoms with van der Waals surface area (Å²) in [6.07, 6.45) is 2.68. The summed E-state index contributed by atoms with van der Waals surface area (Å²) in [6, 6.07) is 6.67. The second-order valence-electron chi connectivity index (χ2n) is 5.24. The number of nitrogens with zero attached hydrogens (tertiary/aromatic N) is 1. The third-order valence-corrected chi connectivity index (χ3v) is 3.84. The molecule has 0 amide bonds. The van der Waals surface area contributed by atoms with E-state index in [9.17, 15) is 9.18 Å². The molecule has 0 radical (unpaired) electrons. The number of esters is 1. The van der Waals surface area contributed by atoms with E-state index in [1.54, 1.807) is 0 Å². The van der Waals surface area contributed by atoms with Crippen molar-refractivity contribution in [1.29, 1.82) is 0 Å². The Labute approximate surface area is 119 Å². The predicted molar refractivity (Wildman–Crippen MR) is 75.9 cm³/mol. The highest BCUT2D eigenvalue weighted by Gasteiger charge is 2.25. The van der Waals surface area contributed by atoms with Gasteiger partial charge in [0.05, 0.1) is 12.5 Å². The van der Waals surface area contributed by atoms with Crippen LogP contribution in [-0.2, 0) is 16.0 Å². The molecule has 3 nitrogen and oxygen atoms in total. The lowest BCUT2D eigenvalue weighted by molar-refractivity contribution is -0.149. The molecule has 1 fully saturated rings. The highest BCUT2D eigenvalue weighted by molar-refractivity contribution is 5.72. The Bertz CT molecular complexity index is 425. The first-order valence-corrected chi connectivity index (χ1v) is 7.32. The van der Waals surface area contributed by atoms with Gasteiger partial charge in [-0.1, -0.05) is 12.1 Å². The second-order valence-corrected chi connectivity index (χ2v) is 5.24. The van der Waals surface area contributed by atoms with Crippen LogP contribution < -0.4 is 0 Å². The molecule has 0 unspecified atom stereocenters. The van der Waals surface area contributed by atoms with Crippen LogP contribution >= 0.6 is 0 Å². The van der Waals surface area contributed by atoms with Gasteiger partial charge in [-0.15, -0.1) is 0 Å². The van der Waals surface area contributed by atoms with Gasteiger partial charge >= 0.3 is 5.97 Å². The molecule has 1 aliphatic heterocycles. The van der Waals surface area contributed by atoms with Gasteiger partial charge in [0, 0.05) is 6.54 Å². The Balaban J connectivity index is 1.72. The Morgan fingerprint density at radius 2 is 1.95 bits per heavy atom. The molecule has 2 rings (SSSR count). The molecule has 0 N–H and O–H groups in total. The van der Waals surface area contributed by atoms with Crippen LogP contribution in [0.5, 0.6) is 0 Å². The van der Waals surface area contributed by atoms with Gasteiger partial charge < -0.3 is 9.64 Å². The minimum absolute atomic E-state index is 0.0503. The van der Waals surface area contributed by atoms with Crippen LogP contribution in [0.25, 0.3) is 0 Å². The summed E-state index contributed by atoms with van der Waals surface area (Å²) < 4.78 is 17.9. The Kier molecular flexibility index (Phi) is 5.53. The second kappa shape index (κ2) is 7.39. The SMILES string of the molecule is CCOC(=O)C1CCN(CCc2ccc(F)cc2)CC1. The fourth-order valence-electron chi connectivity index (χ4n) is 2.59. The van der Waals surface area contributed by atoms with Crippen LogP contribution in [0.2, 0.25) is 0 Å². The fraction of sp³-hybridized carbons (Fsp3) is 0.562. The molecule has 0 spiro atoms. The number of ether oxygens (including phenoxy) is 1. The Morgan fingerprint density at radius 1 is 1.30 bits per heavy atom. The van der Waals surface area contributed by atoms with E-state index < -0.39 is 0 Å². The van der Waals surface area contributed by atoms with Gasteiger partial charge in [-0.25, -0.2) is 4.39 Å². The molecule has 0 saturated carbocycles. The zero-order valence-electron chi connectivity index (χ0n) is 12.0. The van der Waals surface area contributed by atoms with Gasteiger partial charge in [0.2, 0.25) is 0 Å². The summed E-state index contributed by atoms with van der Waals surface area (Å²) in [5.74, 6) is -0.174. The summed E-state index contributed by atoms with van der Waals surface area (Å²) in [5, 5.41) is 0. The van der Waals surface area contributed by atoms with E-state index in [0.29, 0.717) is 6.61 Å². The van der Waals surface area contributed by atoms with E-state index in [1.165, 1.54) is 12.1 Å². The first-order valence-electron chi connectivity index (χ1n) is 7.32. The number of likely N-dealkylation sites (tertiary alicyclic amines) is 1. The molecule has 1 heterocycles. The zero-order chi connectivity index (χ0) is 14.4. The molecule has 0 atom stereocenters. The highest BCUT2D eigenvalue weighted by Crippen LogP contribution is 2.19. The third kappa shape index (κ3) is 4.30. The van der Waals surface area contributed by atoms with Crippen molar-refractivity contribution in [1.82, 2.24) is 4.90 Å². The van der Waals surface area contributed by atoms with E-state index >= 15 is 0 Å². The molecular formula is C16H22FNO2. The molecule has 1 aromatic carbocycles. The summed E-state index contributed by atoms with van der Waals surface area (Å²) in [6.45, 7) is 5.13. The van der Waals surface area contributed by atoms with Crippen LogP contribution in [0.1, 0.15) is 25.3 Å². The van der Waals surface area contributed by atoms with Gasteiger partial charge in [-0.3, -0.25) is 4.79 Å². The van der Waals surface area contributed by atoms with Crippen LogP contribution in [0.4, 0.5) is 4.39 Å². The number of piperidine rings is 1. The van der Waals surface area contributed by atoms with Crippen molar-refractivity contribution in [3.63, 3.8) is 0 Å². The smallest absolute Gasteiger partial charge is 0.309 e. The standard InChI is InChI=1S/C16H22FNO2/c1-2-20-16(19)14-8-11-18(12-9-14)10-7-13-3-5-15(17)6-4-13/h3-6,14H,2,7-12H2,1H3. The van der Waals surface area contributed by atoms with Gasteiger partial charge in [0.25, 0.3) is 0 Å². The van der Waals surface area contributed by atoms with Gasteiger partial charge in [0.1, 0.15) is 5.82 Å². The molecule has 20 heavy (non-hydrogen) atoms. The van der Waals surface area contributed by atoms with Crippen molar-refractivity contribution >= 4 is 5.97 Å². The monoisotopic (exact) mass is 279 g/mol. The first-order chi connectivity index (χ1) is 9.69. The van der Waals surface area contributed by atoms with Crippen molar-refractivity contribution in [3.8, 4) is 0 Å². The maximum atomic E-state index is 12.8. The summed E-state index contributed by atoms with van der Waals surface area (Å²) in [5.41, 5.74) is 1.15. The van der Waals surface area contributed by atoms with E-state index in [1.807, 2.05) is 19.1 Å². The van der Waals surface area contributed by atoms with Gasteiger partial charge in [-0.05, 0) is 57.0 Å². The molecule has 0 aliphatic carbocycles. The zero-order valence-corrected chi connectivity index (χ0v) is 12.0. The van der Waals surface area contributed by atoms with Crippen LogP contribution in [-0.4, -0.2) is 37.1 Å². The van der Waals surface area contributed by atoms with Gasteiger partial charge in [0.15, 0.2) is 0 Å². The van der Waals surface area contributed by atoms with Crippen LogP contribution in [0.3, 0.4) is 0 Å². The average Bonchev–Trinajstić information content (AvgIpc) is 2.47. The lowest BCUT2D eigenvalue weighted by Gasteiger charge is -2.30. The average molecular weight is 279 g/mol. The molecule has 1 aliphatic rings. The number of carbonyl (C=O) groups is 1.